The zero-order valence-corrected chi connectivity index (χ0v) is 20.3. The van der Waals surface area contributed by atoms with Gasteiger partial charge in [0.15, 0.2) is 10.8 Å². The maximum atomic E-state index is 12.8. The number of hydrogen-bond acceptors (Lipinski definition) is 6. The van der Waals surface area contributed by atoms with E-state index in [0.717, 1.165) is 22.1 Å². The number of benzene rings is 2. The van der Waals surface area contributed by atoms with E-state index in [9.17, 15) is 13.2 Å². The zero-order valence-electron chi connectivity index (χ0n) is 18.6. The normalized spacial score (nSPS) is 12.0. The third-order valence-corrected chi connectivity index (χ3v) is 8.34. The first-order valence-corrected chi connectivity index (χ1v) is 13.0. The highest BCUT2D eigenvalue weighted by Gasteiger charge is 2.22. The lowest BCUT2D eigenvalue weighted by Crippen LogP contribution is -2.30. The van der Waals surface area contributed by atoms with E-state index in [1.807, 2.05) is 41.7 Å². The van der Waals surface area contributed by atoms with Gasteiger partial charge in [-0.25, -0.2) is 8.42 Å². The molecular weight excluding hydrogens is 458 g/mol. The van der Waals surface area contributed by atoms with Crippen LogP contribution in [-0.4, -0.2) is 52.1 Å². The van der Waals surface area contributed by atoms with Crippen LogP contribution in [0.15, 0.2) is 64.6 Å². The third kappa shape index (κ3) is 4.59. The van der Waals surface area contributed by atoms with Gasteiger partial charge in [0.05, 0.1) is 16.2 Å². The number of pyridine rings is 1. The fourth-order valence-electron chi connectivity index (χ4n) is 3.74. The molecule has 0 fully saturated rings. The van der Waals surface area contributed by atoms with Crippen LogP contribution in [0.5, 0.6) is 0 Å². The summed E-state index contributed by atoms with van der Waals surface area (Å²) >= 11 is 1.28. The first-order valence-electron chi connectivity index (χ1n) is 10.6. The minimum atomic E-state index is -3.60. The van der Waals surface area contributed by atoms with Crippen molar-refractivity contribution in [1.82, 2.24) is 18.9 Å². The first kappa shape index (κ1) is 23.2. The molecule has 10 heteroatoms. The van der Waals surface area contributed by atoms with Crippen LogP contribution in [0.25, 0.3) is 16.6 Å². The van der Waals surface area contributed by atoms with Crippen molar-refractivity contribution in [2.24, 2.45) is 0 Å². The molecule has 2 aromatic carbocycles. The van der Waals surface area contributed by atoms with Crippen molar-refractivity contribution >= 4 is 49.9 Å². The minimum absolute atomic E-state index is 0.107. The lowest BCUT2D eigenvalue weighted by Gasteiger charge is -2.18. The second-order valence-electron chi connectivity index (χ2n) is 7.47. The fraction of sp³-hybridized carbons (Fsp3) is 0.261. The molecule has 0 radical (unpaired) electrons. The molecule has 172 valence electrons. The van der Waals surface area contributed by atoms with Gasteiger partial charge in [0.1, 0.15) is 0 Å². The van der Waals surface area contributed by atoms with Crippen molar-refractivity contribution in [3.8, 4) is 0 Å². The highest BCUT2D eigenvalue weighted by molar-refractivity contribution is 7.99. The van der Waals surface area contributed by atoms with E-state index in [1.54, 1.807) is 26.0 Å². The molecule has 2 aromatic heterocycles. The Morgan fingerprint density at radius 1 is 1.06 bits per heavy atom. The standard InChI is InChI=1S/C23H25N5O3S2/c1-4-27(5-2)33(30,31)18-10-8-9-17(14-18)24-22(29)15-32-23-26-25-21-13-16(3)19-11-6-7-12-20(19)28(21)23/h6-14H,4-5,15H2,1-3H3,(H,24,29). The van der Waals surface area contributed by atoms with Crippen LogP contribution in [0.3, 0.4) is 0 Å². The number of thioether (sulfide) groups is 1. The molecule has 4 aromatic rings. The summed E-state index contributed by atoms with van der Waals surface area (Å²) in [6.07, 6.45) is 0. The van der Waals surface area contributed by atoms with Gasteiger partial charge in [-0.15, -0.1) is 10.2 Å². The van der Waals surface area contributed by atoms with Crippen molar-refractivity contribution in [2.75, 3.05) is 24.2 Å². The summed E-state index contributed by atoms with van der Waals surface area (Å²) < 4.78 is 28.8. The van der Waals surface area contributed by atoms with Gasteiger partial charge in [-0.05, 0) is 42.8 Å². The smallest absolute Gasteiger partial charge is 0.243 e. The molecule has 1 amide bonds. The van der Waals surface area contributed by atoms with E-state index in [-0.39, 0.29) is 16.6 Å². The van der Waals surface area contributed by atoms with Crippen molar-refractivity contribution in [2.45, 2.75) is 30.8 Å². The van der Waals surface area contributed by atoms with Gasteiger partial charge >= 0.3 is 0 Å². The van der Waals surface area contributed by atoms with Crippen molar-refractivity contribution < 1.29 is 13.2 Å². The molecule has 33 heavy (non-hydrogen) atoms. The summed E-state index contributed by atoms with van der Waals surface area (Å²) in [6.45, 7) is 6.39. The van der Waals surface area contributed by atoms with E-state index < -0.39 is 10.0 Å². The Morgan fingerprint density at radius 2 is 1.82 bits per heavy atom. The molecular formula is C23H25N5O3S2. The van der Waals surface area contributed by atoms with Crippen molar-refractivity contribution in [3.05, 3.63) is 60.2 Å². The number of hydrogen-bond donors (Lipinski definition) is 1. The Kier molecular flexibility index (Phi) is 6.68. The summed E-state index contributed by atoms with van der Waals surface area (Å²) in [6, 6.07) is 16.3. The fourth-order valence-corrected chi connectivity index (χ4v) is 6.00. The van der Waals surface area contributed by atoms with Crippen molar-refractivity contribution in [1.29, 1.82) is 0 Å². The average Bonchev–Trinajstić information content (AvgIpc) is 3.21. The molecule has 0 bridgehead atoms. The van der Waals surface area contributed by atoms with Crippen LogP contribution in [0.2, 0.25) is 0 Å². The summed E-state index contributed by atoms with van der Waals surface area (Å²) in [7, 11) is -3.60. The maximum Gasteiger partial charge on any atom is 0.243 e. The predicted molar refractivity (Wildman–Crippen MR) is 131 cm³/mol. The molecule has 0 atom stereocenters. The third-order valence-electron chi connectivity index (χ3n) is 5.37. The lowest BCUT2D eigenvalue weighted by molar-refractivity contribution is -0.113. The number of carbonyl (C=O) groups excluding carboxylic acids is 1. The van der Waals surface area contributed by atoms with Crippen LogP contribution in [0.4, 0.5) is 5.69 Å². The Labute approximate surface area is 197 Å². The molecule has 0 spiro atoms. The van der Waals surface area contributed by atoms with Crippen molar-refractivity contribution in [3.63, 3.8) is 0 Å². The van der Waals surface area contributed by atoms with Crippen LogP contribution < -0.4 is 5.32 Å². The lowest BCUT2D eigenvalue weighted by atomic mass is 10.1. The number of anilines is 1. The number of nitrogens with one attached hydrogen (secondary N) is 1. The second-order valence-corrected chi connectivity index (χ2v) is 10.4. The number of sulfonamides is 1. The van der Waals surface area contributed by atoms with Gasteiger partial charge in [-0.1, -0.05) is 49.9 Å². The monoisotopic (exact) mass is 483 g/mol. The number of nitrogens with zero attached hydrogens (tertiary/aromatic N) is 4. The van der Waals surface area contributed by atoms with Gasteiger partial charge in [0.2, 0.25) is 15.9 Å². The SMILES string of the molecule is CCN(CC)S(=O)(=O)c1cccc(NC(=O)CSc2nnc3cc(C)c4ccccc4n23)c1. The van der Waals surface area contributed by atoms with Gasteiger partial charge < -0.3 is 5.32 Å². The van der Waals surface area contributed by atoms with E-state index >= 15 is 0 Å². The maximum absolute atomic E-state index is 12.8. The predicted octanol–water partition coefficient (Wildman–Crippen LogP) is 3.95. The number of fused-ring (bicyclic) bond motifs is 3. The number of para-hydroxylation sites is 1. The Balaban J connectivity index is 1.51. The molecule has 0 saturated carbocycles. The molecule has 0 aliphatic rings. The average molecular weight is 484 g/mol. The molecule has 2 heterocycles. The number of rotatable bonds is 8. The van der Waals surface area contributed by atoms with Crippen LogP contribution in [-0.2, 0) is 14.8 Å². The summed E-state index contributed by atoms with van der Waals surface area (Å²) in [5, 5.41) is 13.0. The van der Waals surface area contributed by atoms with Gasteiger partial charge in [0, 0.05) is 24.2 Å². The Hall–Kier alpha value is -2.95. The largest absolute Gasteiger partial charge is 0.325 e. The molecule has 0 unspecified atom stereocenters. The summed E-state index contributed by atoms with van der Waals surface area (Å²) in [4.78, 5) is 12.8. The Bertz CT molecular complexity index is 1430. The quantitative estimate of drug-likeness (QED) is 0.381. The van der Waals surface area contributed by atoms with Gasteiger partial charge in [-0.2, -0.15) is 4.31 Å². The van der Waals surface area contributed by atoms with Crippen LogP contribution in [0.1, 0.15) is 19.4 Å². The Morgan fingerprint density at radius 3 is 2.58 bits per heavy atom. The zero-order chi connectivity index (χ0) is 23.6. The molecule has 0 aliphatic carbocycles. The molecule has 0 aliphatic heterocycles. The number of carbonyl (C=O) groups is 1. The second kappa shape index (κ2) is 9.50. The van der Waals surface area contributed by atoms with E-state index in [4.69, 9.17) is 0 Å². The minimum Gasteiger partial charge on any atom is -0.325 e. The molecule has 8 nitrogen and oxygen atoms in total. The highest BCUT2D eigenvalue weighted by atomic mass is 32.2. The van der Waals surface area contributed by atoms with E-state index in [2.05, 4.69) is 15.5 Å². The van der Waals surface area contributed by atoms with Crippen LogP contribution >= 0.6 is 11.8 Å². The highest BCUT2D eigenvalue weighted by Crippen LogP contribution is 2.26. The first-order chi connectivity index (χ1) is 15.8. The number of amides is 1. The molecule has 4 rings (SSSR count). The summed E-state index contributed by atoms with van der Waals surface area (Å²) in [5.41, 5.74) is 3.25. The summed E-state index contributed by atoms with van der Waals surface area (Å²) in [5.74, 6) is -0.152. The van der Waals surface area contributed by atoms with E-state index in [1.165, 1.54) is 28.2 Å². The van der Waals surface area contributed by atoms with E-state index in [0.29, 0.717) is 23.9 Å². The number of aromatic nitrogens is 3. The van der Waals surface area contributed by atoms with Gasteiger partial charge in [0.25, 0.3) is 0 Å². The topological polar surface area (TPSA) is 96.7 Å². The molecule has 0 saturated heterocycles. The number of aryl methyl sites for hydroxylation is 1. The van der Waals surface area contributed by atoms with Crippen LogP contribution in [0, 0.1) is 6.92 Å². The van der Waals surface area contributed by atoms with Gasteiger partial charge in [-0.3, -0.25) is 9.20 Å². The molecule has 1 N–H and O–H groups in total.